The van der Waals surface area contributed by atoms with Crippen molar-refractivity contribution in [1.29, 1.82) is 0 Å². The maximum Gasteiger partial charge on any atom is 0.267 e. The molecule has 1 heterocycles. The lowest BCUT2D eigenvalue weighted by Crippen LogP contribution is -2.29. The third-order valence-corrected chi connectivity index (χ3v) is 4.04. The molecule has 0 aliphatic heterocycles. The molecule has 1 aliphatic rings. The fourth-order valence-electron chi connectivity index (χ4n) is 2.60. The first-order valence-corrected chi connectivity index (χ1v) is 7.82. The van der Waals surface area contributed by atoms with E-state index in [0.717, 1.165) is 11.5 Å². The third kappa shape index (κ3) is 3.68. The summed E-state index contributed by atoms with van der Waals surface area (Å²) in [6.45, 7) is 1.91. The smallest absolute Gasteiger partial charge is 0.267 e. The summed E-state index contributed by atoms with van der Waals surface area (Å²) in [6, 6.07) is 11.5. The maximum atomic E-state index is 11.1. The highest BCUT2D eigenvalue weighted by Gasteiger charge is 2.24. The number of primary amides is 1. The van der Waals surface area contributed by atoms with E-state index in [-0.39, 0.29) is 17.8 Å². The molecule has 1 aliphatic carbocycles. The molecule has 5 nitrogen and oxygen atoms in total. The summed E-state index contributed by atoms with van der Waals surface area (Å²) >= 11 is 0. The molecule has 0 spiro atoms. The number of hydrogen-bond acceptors (Lipinski definition) is 4. The van der Waals surface area contributed by atoms with Gasteiger partial charge in [0.25, 0.3) is 5.91 Å². The number of ether oxygens (including phenoxy) is 1. The SMILES string of the molecule is CC(N)[C@H](Oc1ccc(C(N)=O)nc1)c1ccc(C2CC2)cc1. The van der Waals surface area contributed by atoms with Gasteiger partial charge in [-0.05, 0) is 48.9 Å². The Labute approximate surface area is 135 Å². The summed E-state index contributed by atoms with van der Waals surface area (Å²) < 4.78 is 5.97. The van der Waals surface area contributed by atoms with Gasteiger partial charge in [0.15, 0.2) is 0 Å². The second kappa shape index (κ2) is 6.38. The molecular formula is C18H21N3O2. The van der Waals surface area contributed by atoms with Crippen LogP contribution in [0.15, 0.2) is 42.6 Å². The van der Waals surface area contributed by atoms with Crippen molar-refractivity contribution < 1.29 is 9.53 Å². The van der Waals surface area contributed by atoms with Gasteiger partial charge in [0.05, 0.1) is 6.20 Å². The predicted molar refractivity (Wildman–Crippen MR) is 88.2 cm³/mol. The molecule has 23 heavy (non-hydrogen) atoms. The first kappa shape index (κ1) is 15.5. The lowest BCUT2D eigenvalue weighted by atomic mass is 10.0. The van der Waals surface area contributed by atoms with E-state index >= 15 is 0 Å². The molecule has 1 aromatic heterocycles. The fourth-order valence-corrected chi connectivity index (χ4v) is 2.60. The summed E-state index contributed by atoms with van der Waals surface area (Å²) in [7, 11) is 0. The van der Waals surface area contributed by atoms with Crippen molar-refractivity contribution in [3.05, 3.63) is 59.4 Å². The van der Waals surface area contributed by atoms with Crippen LogP contribution in [-0.2, 0) is 0 Å². The average molecular weight is 311 g/mol. The highest BCUT2D eigenvalue weighted by Crippen LogP contribution is 2.40. The van der Waals surface area contributed by atoms with Crippen LogP contribution in [0, 0.1) is 0 Å². The minimum absolute atomic E-state index is 0.183. The Hall–Kier alpha value is -2.40. The van der Waals surface area contributed by atoms with E-state index in [1.807, 2.05) is 6.92 Å². The monoisotopic (exact) mass is 311 g/mol. The lowest BCUT2D eigenvalue weighted by molar-refractivity contribution is 0.0995. The van der Waals surface area contributed by atoms with Crippen LogP contribution < -0.4 is 16.2 Å². The Bertz CT molecular complexity index is 676. The largest absolute Gasteiger partial charge is 0.482 e. The molecule has 0 bridgehead atoms. The molecule has 120 valence electrons. The Morgan fingerprint density at radius 2 is 1.91 bits per heavy atom. The number of carbonyl (C=O) groups excluding carboxylic acids is 1. The standard InChI is InChI=1S/C18H21N3O2/c1-11(19)17(14-6-4-13(5-7-14)12-2-3-12)23-15-8-9-16(18(20)22)21-10-15/h4-12,17H,2-3,19H2,1H3,(H2,20,22)/t11?,17-/m0/s1. The summed E-state index contributed by atoms with van der Waals surface area (Å²) in [5, 5.41) is 0. The molecule has 1 saturated carbocycles. The van der Waals surface area contributed by atoms with E-state index < -0.39 is 5.91 Å². The summed E-state index contributed by atoms with van der Waals surface area (Å²) in [5.74, 6) is 0.726. The van der Waals surface area contributed by atoms with E-state index in [0.29, 0.717) is 5.75 Å². The molecule has 0 radical (unpaired) electrons. The number of rotatable bonds is 6. The van der Waals surface area contributed by atoms with Crippen LogP contribution in [0.3, 0.4) is 0 Å². The third-order valence-electron chi connectivity index (χ3n) is 4.04. The van der Waals surface area contributed by atoms with Crippen LogP contribution in [0.5, 0.6) is 5.75 Å². The van der Waals surface area contributed by atoms with Crippen molar-refractivity contribution in [2.75, 3.05) is 0 Å². The average Bonchev–Trinajstić information content (AvgIpc) is 3.38. The molecule has 3 rings (SSSR count). The molecule has 4 N–H and O–H groups in total. The zero-order valence-corrected chi connectivity index (χ0v) is 13.1. The number of nitrogens with zero attached hydrogens (tertiary/aromatic N) is 1. The van der Waals surface area contributed by atoms with Gasteiger partial charge < -0.3 is 16.2 Å². The van der Waals surface area contributed by atoms with E-state index in [2.05, 4.69) is 29.2 Å². The van der Waals surface area contributed by atoms with Gasteiger partial charge in [-0.25, -0.2) is 4.98 Å². The Morgan fingerprint density at radius 1 is 1.22 bits per heavy atom. The van der Waals surface area contributed by atoms with Crippen molar-refractivity contribution in [1.82, 2.24) is 4.98 Å². The lowest BCUT2D eigenvalue weighted by Gasteiger charge is -2.23. The summed E-state index contributed by atoms with van der Waals surface area (Å²) in [5.41, 5.74) is 13.9. The quantitative estimate of drug-likeness (QED) is 0.857. The van der Waals surface area contributed by atoms with Gasteiger partial charge in [0.2, 0.25) is 0 Å². The maximum absolute atomic E-state index is 11.1. The highest BCUT2D eigenvalue weighted by molar-refractivity contribution is 5.90. The van der Waals surface area contributed by atoms with Crippen molar-refractivity contribution >= 4 is 5.91 Å². The van der Waals surface area contributed by atoms with Crippen molar-refractivity contribution in [2.24, 2.45) is 11.5 Å². The number of carbonyl (C=O) groups is 1. The Morgan fingerprint density at radius 3 is 2.39 bits per heavy atom. The van der Waals surface area contributed by atoms with Crippen LogP contribution in [-0.4, -0.2) is 16.9 Å². The number of aromatic nitrogens is 1. The van der Waals surface area contributed by atoms with Crippen LogP contribution in [0.2, 0.25) is 0 Å². The highest BCUT2D eigenvalue weighted by atomic mass is 16.5. The molecule has 2 aromatic rings. The van der Waals surface area contributed by atoms with E-state index in [1.165, 1.54) is 24.6 Å². The van der Waals surface area contributed by atoms with E-state index in [9.17, 15) is 4.79 Å². The van der Waals surface area contributed by atoms with Crippen LogP contribution in [0.4, 0.5) is 0 Å². The molecule has 0 saturated heterocycles. The minimum atomic E-state index is -0.559. The van der Waals surface area contributed by atoms with Gasteiger partial charge in [0, 0.05) is 6.04 Å². The second-order valence-corrected chi connectivity index (χ2v) is 6.08. The number of nitrogens with two attached hydrogens (primary N) is 2. The normalized spacial score (nSPS) is 16.6. The molecular weight excluding hydrogens is 290 g/mol. The first-order chi connectivity index (χ1) is 11.0. The van der Waals surface area contributed by atoms with Crippen molar-refractivity contribution in [2.45, 2.75) is 37.8 Å². The minimum Gasteiger partial charge on any atom is -0.482 e. The first-order valence-electron chi connectivity index (χ1n) is 7.82. The second-order valence-electron chi connectivity index (χ2n) is 6.08. The summed E-state index contributed by atoms with van der Waals surface area (Å²) in [6.07, 6.45) is 3.78. The van der Waals surface area contributed by atoms with Crippen LogP contribution in [0.25, 0.3) is 0 Å². The number of hydrogen-bond donors (Lipinski definition) is 2. The van der Waals surface area contributed by atoms with Crippen LogP contribution in [0.1, 0.15) is 53.4 Å². The molecule has 1 fully saturated rings. The van der Waals surface area contributed by atoms with Gasteiger partial charge in [0.1, 0.15) is 17.5 Å². The fraction of sp³-hybridized carbons (Fsp3) is 0.333. The van der Waals surface area contributed by atoms with Crippen molar-refractivity contribution in [3.8, 4) is 5.75 Å². The zero-order valence-electron chi connectivity index (χ0n) is 13.1. The number of pyridine rings is 1. The van der Waals surface area contributed by atoms with Gasteiger partial charge in [-0.2, -0.15) is 0 Å². The molecule has 1 unspecified atom stereocenters. The zero-order chi connectivity index (χ0) is 16.4. The van der Waals surface area contributed by atoms with E-state index in [1.54, 1.807) is 12.1 Å². The number of amides is 1. The topological polar surface area (TPSA) is 91.2 Å². The van der Waals surface area contributed by atoms with E-state index in [4.69, 9.17) is 16.2 Å². The molecule has 1 aromatic carbocycles. The molecule has 2 atom stereocenters. The Kier molecular flexibility index (Phi) is 4.30. The van der Waals surface area contributed by atoms with Crippen LogP contribution >= 0.6 is 0 Å². The van der Waals surface area contributed by atoms with Crippen molar-refractivity contribution in [3.63, 3.8) is 0 Å². The summed E-state index contributed by atoms with van der Waals surface area (Å²) in [4.78, 5) is 15.0. The van der Waals surface area contributed by atoms with Gasteiger partial charge in [-0.1, -0.05) is 24.3 Å². The predicted octanol–water partition coefficient (Wildman–Crippen LogP) is 2.53. The Balaban J connectivity index is 1.76. The van der Waals surface area contributed by atoms with Gasteiger partial charge >= 0.3 is 0 Å². The van der Waals surface area contributed by atoms with Gasteiger partial charge in [-0.15, -0.1) is 0 Å². The molecule has 1 amide bonds. The number of benzene rings is 1. The van der Waals surface area contributed by atoms with Gasteiger partial charge in [-0.3, -0.25) is 4.79 Å². The molecule has 5 heteroatoms.